The lowest BCUT2D eigenvalue weighted by Gasteiger charge is -2.34. The van der Waals surface area contributed by atoms with Gasteiger partial charge in [0.2, 0.25) is 10.0 Å². The van der Waals surface area contributed by atoms with E-state index in [1.807, 2.05) is 0 Å². The Labute approximate surface area is 116 Å². The topological polar surface area (TPSA) is 63.4 Å². The summed E-state index contributed by atoms with van der Waals surface area (Å²) >= 11 is 4.69. The lowest BCUT2D eigenvalue weighted by Crippen LogP contribution is -2.50. The SMILES string of the molecule is CCC(C(N)=S)S(=O)(=O)N1CCCC(C(F)(F)F)C1. The smallest absolute Gasteiger partial charge is 0.392 e. The summed E-state index contributed by atoms with van der Waals surface area (Å²) in [4.78, 5) is -0.198. The first kappa shape index (κ1) is 16.6. The highest BCUT2D eigenvalue weighted by Gasteiger charge is 2.45. The van der Waals surface area contributed by atoms with E-state index in [4.69, 9.17) is 5.73 Å². The summed E-state index contributed by atoms with van der Waals surface area (Å²) in [5.41, 5.74) is 5.36. The number of piperidine rings is 1. The maximum Gasteiger partial charge on any atom is 0.393 e. The van der Waals surface area contributed by atoms with Crippen molar-refractivity contribution in [3.63, 3.8) is 0 Å². The molecule has 0 aromatic carbocycles. The van der Waals surface area contributed by atoms with Crippen LogP contribution in [-0.2, 0) is 10.0 Å². The molecule has 2 N–H and O–H groups in total. The fraction of sp³-hybridized carbons (Fsp3) is 0.900. The van der Waals surface area contributed by atoms with E-state index in [0.717, 1.165) is 4.31 Å². The monoisotopic (exact) mass is 318 g/mol. The van der Waals surface area contributed by atoms with E-state index in [1.165, 1.54) is 0 Å². The third kappa shape index (κ3) is 3.79. The second-order valence-electron chi connectivity index (χ2n) is 4.58. The molecular weight excluding hydrogens is 301 g/mol. The molecule has 1 aliphatic rings. The van der Waals surface area contributed by atoms with Crippen LogP contribution in [0, 0.1) is 5.92 Å². The average molecular weight is 318 g/mol. The fourth-order valence-electron chi connectivity index (χ4n) is 2.18. The predicted molar refractivity (Wildman–Crippen MR) is 70.1 cm³/mol. The first-order valence-electron chi connectivity index (χ1n) is 5.95. The Morgan fingerprint density at radius 1 is 1.53 bits per heavy atom. The summed E-state index contributed by atoms with van der Waals surface area (Å²) in [5, 5.41) is -1.09. The van der Waals surface area contributed by atoms with Gasteiger partial charge in [0, 0.05) is 13.1 Å². The minimum Gasteiger partial charge on any atom is -0.392 e. The molecule has 2 atom stereocenters. The molecule has 2 unspecified atom stereocenters. The number of nitrogens with two attached hydrogens (primary N) is 1. The molecule has 19 heavy (non-hydrogen) atoms. The predicted octanol–water partition coefficient (Wildman–Crippen LogP) is 1.66. The molecule has 0 aliphatic carbocycles. The zero-order valence-corrected chi connectivity index (χ0v) is 12.1. The van der Waals surface area contributed by atoms with Gasteiger partial charge < -0.3 is 5.73 Å². The summed E-state index contributed by atoms with van der Waals surface area (Å²) in [6.45, 7) is 1.14. The molecule has 112 valence electrons. The maximum absolute atomic E-state index is 12.7. The molecule has 0 radical (unpaired) electrons. The molecule has 0 saturated carbocycles. The largest absolute Gasteiger partial charge is 0.393 e. The molecule has 1 heterocycles. The number of rotatable bonds is 4. The van der Waals surface area contributed by atoms with E-state index < -0.39 is 33.9 Å². The first-order chi connectivity index (χ1) is 8.60. The molecular formula is C10H17F3N2O2S2. The maximum atomic E-state index is 12.7. The molecule has 1 rings (SSSR count). The van der Waals surface area contributed by atoms with Crippen LogP contribution in [0.1, 0.15) is 26.2 Å². The van der Waals surface area contributed by atoms with Crippen LogP contribution in [0.3, 0.4) is 0 Å². The van der Waals surface area contributed by atoms with Crippen molar-refractivity contribution in [2.24, 2.45) is 11.7 Å². The Hall–Kier alpha value is -0.410. The van der Waals surface area contributed by atoms with Gasteiger partial charge in [-0.3, -0.25) is 0 Å². The van der Waals surface area contributed by atoms with Crippen LogP contribution in [-0.4, -0.2) is 42.2 Å². The Morgan fingerprint density at radius 2 is 2.11 bits per heavy atom. The average Bonchev–Trinajstić information content (AvgIpc) is 2.28. The van der Waals surface area contributed by atoms with E-state index in [1.54, 1.807) is 6.92 Å². The van der Waals surface area contributed by atoms with E-state index in [0.29, 0.717) is 0 Å². The summed E-state index contributed by atoms with van der Waals surface area (Å²) in [7, 11) is -3.90. The van der Waals surface area contributed by atoms with Gasteiger partial charge in [-0.25, -0.2) is 12.7 Å². The molecule has 0 aromatic heterocycles. The van der Waals surface area contributed by atoms with Crippen LogP contribution in [0.15, 0.2) is 0 Å². The van der Waals surface area contributed by atoms with Crippen LogP contribution in [0.4, 0.5) is 13.2 Å². The van der Waals surface area contributed by atoms with Crippen LogP contribution in [0.5, 0.6) is 0 Å². The van der Waals surface area contributed by atoms with Crippen LogP contribution >= 0.6 is 12.2 Å². The number of hydrogen-bond donors (Lipinski definition) is 1. The van der Waals surface area contributed by atoms with Gasteiger partial charge in [0.25, 0.3) is 0 Å². The normalized spacial score (nSPS) is 24.1. The summed E-state index contributed by atoms with van der Waals surface area (Å²) in [6.07, 6.45) is -4.07. The van der Waals surface area contributed by atoms with Crippen LogP contribution < -0.4 is 5.73 Å². The van der Waals surface area contributed by atoms with Crippen molar-refractivity contribution in [2.45, 2.75) is 37.6 Å². The number of halogens is 3. The third-order valence-corrected chi connectivity index (χ3v) is 6.05. The van der Waals surface area contributed by atoms with Crippen molar-refractivity contribution in [3.8, 4) is 0 Å². The van der Waals surface area contributed by atoms with Gasteiger partial charge in [-0.05, 0) is 19.3 Å². The van der Waals surface area contributed by atoms with Gasteiger partial charge in [-0.15, -0.1) is 0 Å². The Kier molecular flexibility index (Phi) is 5.19. The number of thiocarbonyl (C=S) groups is 1. The molecule has 9 heteroatoms. The lowest BCUT2D eigenvalue weighted by molar-refractivity contribution is -0.182. The van der Waals surface area contributed by atoms with Gasteiger partial charge in [0.15, 0.2) is 0 Å². The number of sulfonamides is 1. The van der Waals surface area contributed by atoms with Gasteiger partial charge in [-0.1, -0.05) is 19.1 Å². The minimum absolute atomic E-state index is 0.0423. The van der Waals surface area contributed by atoms with Gasteiger partial charge in [0.05, 0.1) is 10.9 Å². The van der Waals surface area contributed by atoms with Crippen molar-refractivity contribution >= 4 is 27.2 Å². The quantitative estimate of drug-likeness (QED) is 0.801. The Balaban J connectivity index is 2.93. The van der Waals surface area contributed by atoms with E-state index in [-0.39, 0.29) is 30.8 Å². The molecule has 0 bridgehead atoms. The molecule has 4 nitrogen and oxygen atoms in total. The number of hydrogen-bond acceptors (Lipinski definition) is 3. The summed E-state index contributed by atoms with van der Waals surface area (Å²) < 4.78 is 63.3. The van der Waals surface area contributed by atoms with E-state index in [2.05, 4.69) is 12.2 Å². The molecule has 0 aromatic rings. The number of alkyl halides is 3. The fourth-order valence-corrected chi connectivity index (χ4v) is 4.56. The van der Waals surface area contributed by atoms with Crippen molar-refractivity contribution in [3.05, 3.63) is 0 Å². The highest BCUT2D eigenvalue weighted by molar-refractivity contribution is 7.92. The zero-order chi connectivity index (χ0) is 14.8. The molecule has 1 saturated heterocycles. The van der Waals surface area contributed by atoms with Crippen molar-refractivity contribution in [1.29, 1.82) is 0 Å². The Bertz CT molecular complexity index is 437. The Morgan fingerprint density at radius 3 is 2.53 bits per heavy atom. The van der Waals surface area contributed by atoms with E-state index in [9.17, 15) is 21.6 Å². The summed E-state index contributed by atoms with van der Waals surface area (Å²) in [6, 6.07) is 0. The molecule has 1 aliphatic heterocycles. The third-order valence-electron chi connectivity index (χ3n) is 3.25. The van der Waals surface area contributed by atoms with Gasteiger partial charge in [-0.2, -0.15) is 13.2 Å². The highest BCUT2D eigenvalue weighted by atomic mass is 32.2. The highest BCUT2D eigenvalue weighted by Crippen LogP contribution is 2.34. The number of nitrogens with zero attached hydrogens (tertiary/aromatic N) is 1. The van der Waals surface area contributed by atoms with Crippen molar-refractivity contribution < 1.29 is 21.6 Å². The zero-order valence-electron chi connectivity index (χ0n) is 10.5. The molecule has 0 spiro atoms. The second kappa shape index (κ2) is 5.92. The minimum atomic E-state index is -4.38. The van der Waals surface area contributed by atoms with Gasteiger partial charge in [0.1, 0.15) is 5.25 Å². The summed E-state index contributed by atoms with van der Waals surface area (Å²) in [5.74, 6) is -1.61. The second-order valence-corrected chi connectivity index (χ2v) is 7.17. The molecule has 0 amide bonds. The van der Waals surface area contributed by atoms with Crippen LogP contribution in [0.2, 0.25) is 0 Å². The van der Waals surface area contributed by atoms with Crippen LogP contribution in [0.25, 0.3) is 0 Å². The van der Waals surface area contributed by atoms with E-state index >= 15 is 0 Å². The van der Waals surface area contributed by atoms with Crippen molar-refractivity contribution in [1.82, 2.24) is 4.31 Å². The standard InChI is InChI=1S/C10H17F3N2O2S2/c1-2-8(9(14)18)19(16,17)15-5-3-4-7(6-15)10(11,12)13/h7-8H,2-6H2,1H3,(H2,14,18). The van der Waals surface area contributed by atoms with Gasteiger partial charge >= 0.3 is 6.18 Å². The lowest BCUT2D eigenvalue weighted by atomic mass is 9.99. The van der Waals surface area contributed by atoms with Crippen molar-refractivity contribution in [2.75, 3.05) is 13.1 Å². The molecule has 1 fully saturated rings. The first-order valence-corrected chi connectivity index (χ1v) is 7.86.